The van der Waals surface area contributed by atoms with E-state index in [2.05, 4.69) is 9.62 Å². The molecule has 0 atom stereocenters. The number of furan rings is 1. The van der Waals surface area contributed by atoms with Crippen molar-refractivity contribution in [3.05, 3.63) is 84.6 Å². The zero-order chi connectivity index (χ0) is 21.4. The number of amides is 1. The Morgan fingerprint density at radius 2 is 1.65 bits per heavy atom. The van der Waals surface area contributed by atoms with E-state index >= 15 is 0 Å². The first-order valence-corrected chi connectivity index (χ1v) is 11.5. The van der Waals surface area contributed by atoms with Crippen LogP contribution in [0.2, 0.25) is 0 Å². The summed E-state index contributed by atoms with van der Waals surface area (Å²) in [6, 6.07) is 23.1. The van der Waals surface area contributed by atoms with Crippen molar-refractivity contribution in [1.82, 2.24) is 4.72 Å². The number of hydrogen-bond donors (Lipinski definition) is 1. The zero-order valence-electron chi connectivity index (χ0n) is 16.6. The number of anilines is 1. The fourth-order valence-electron chi connectivity index (χ4n) is 3.69. The van der Waals surface area contributed by atoms with Gasteiger partial charge >= 0.3 is 5.91 Å². The van der Waals surface area contributed by atoms with Gasteiger partial charge in [-0.15, -0.1) is 0 Å². The SMILES string of the molecule is O=C(NS(=O)(=O)c1ccccc1-c1ccccc1)c1cc2ccc(N3CCC3)cc2o1. The molecule has 1 saturated heterocycles. The van der Waals surface area contributed by atoms with Crippen molar-refractivity contribution in [2.45, 2.75) is 11.3 Å². The van der Waals surface area contributed by atoms with Crippen LogP contribution in [0.3, 0.4) is 0 Å². The molecule has 1 fully saturated rings. The molecule has 7 heteroatoms. The van der Waals surface area contributed by atoms with Crippen molar-refractivity contribution in [3.63, 3.8) is 0 Å². The maximum absolute atomic E-state index is 13.0. The third-order valence-electron chi connectivity index (χ3n) is 5.44. The fraction of sp³-hybridized carbons (Fsp3) is 0.125. The summed E-state index contributed by atoms with van der Waals surface area (Å²) in [7, 11) is -4.11. The first-order valence-electron chi connectivity index (χ1n) is 10.0. The summed E-state index contributed by atoms with van der Waals surface area (Å²) < 4.78 is 33.9. The molecule has 0 saturated carbocycles. The molecule has 0 unspecified atom stereocenters. The van der Waals surface area contributed by atoms with Gasteiger partial charge in [-0.25, -0.2) is 13.1 Å². The normalized spacial score (nSPS) is 13.7. The maximum atomic E-state index is 13.0. The lowest BCUT2D eigenvalue weighted by Gasteiger charge is -2.33. The Morgan fingerprint density at radius 1 is 0.903 bits per heavy atom. The van der Waals surface area contributed by atoms with Crippen LogP contribution < -0.4 is 9.62 Å². The molecule has 3 aromatic carbocycles. The van der Waals surface area contributed by atoms with E-state index in [4.69, 9.17) is 4.42 Å². The van der Waals surface area contributed by atoms with E-state index in [0.29, 0.717) is 11.1 Å². The van der Waals surface area contributed by atoms with Crippen LogP contribution in [0.5, 0.6) is 0 Å². The largest absolute Gasteiger partial charge is 0.451 e. The van der Waals surface area contributed by atoms with Crippen LogP contribution in [0.25, 0.3) is 22.1 Å². The monoisotopic (exact) mass is 432 g/mol. The molecule has 1 N–H and O–H groups in total. The predicted octanol–water partition coefficient (Wildman–Crippen LogP) is 4.43. The van der Waals surface area contributed by atoms with Gasteiger partial charge in [0.2, 0.25) is 0 Å². The molecule has 2 heterocycles. The Labute approximate surface area is 180 Å². The minimum atomic E-state index is -4.11. The number of nitrogens with zero attached hydrogens (tertiary/aromatic N) is 1. The van der Waals surface area contributed by atoms with Gasteiger partial charge in [0.15, 0.2) is 5.76 Å². The molecule has 5 rings (SSSR count). The maximum Gasteiger partial charge on any atom is 0.300 e. The number of carbonyl (C=O) groups is 1. The van der Waals surface area contributed by atoms with Gasteiger partial charge in [-0.2, -0.15) is 0 Å². The molecule has 1 aliphatic rings. The highest BCUT2D eigenvalue weighted by Crippen LogP contribution is 2.29. The summed E-state index contributed by atoms with van der Waals surface area (Å²) in [5, 5.41) is 0.747. The average molecular weight is 433 g/mol. The van der Waals surface area contributed by atoms with Crippen LogP contribution in [0.1, 0.15) is 17.0 Å². The summed E-state index contributed by atoms with van der Waals surface area (Å²) in [5.41, 5.74) is 2.85. The van der Waals surface area contributed by atoms with Crippen LogP contribution in [0.4, 0.5) is 5.69 Å². The third-order valence-corrected chi connectivity index (χ3v) is 6.83. The lowest BCUT2D eigenvalue weighted by atomic mass is 10.1. The van der Waals surface area contributed by atoms with Gasteiger partial charge in [-0.05, 0) is 36.2 Å². The number of carbonyl (C=O) groups excluding carboxylic acids is 1. The van der Waals surface area contributed by atoms with Gasteiger partial charge in [0.05, 0.1) is 4.90 Å². The molecule has 156 valence electrons. The standard InChI is InChI=1S/C24H20N2O4S/c27-24(22-15-18-11-12-19(16-21(18)30-22)26-13-6-14-26)25-31(28,29)23-10-5-4-9-20(23)17-7-2-1-3-8-17/h1-5,7-12,15-16H,6,13-14H2,(H,25,27). The number of hydrogen-bond acceptors (Lipinski definition) is 5. The van der Waals surface area contributed by atoms with E-state index in [1.54, 1.807) is 24.3 Å². The molecular weight excluding hydrogens is 412 g/mol. The molecule has 6 nitrogen and oxygen atoms in total. The van der Waals surface area contributed by atoms with Gasteiger partial charge in [-0.3, -0.25) is 4.79 Å². The van der Waals surface area contributed by atoms with E-state index in [-0.39, 0.29) is 10.7 Å². The lowest BCUT2D eigenvalue weighted by Crippen LogP contribution is -2.36. The Hall–Kier alpha value is -3.58. The van der Waals surface area contributed by atoms with Crippen molar-refractivity contribution in [2.24, 2.45) is 0 Å². The van der Waals surface area contributed by atoms with E-state index in [0.717, 1.165) is 36.1 Å². The van der Waals surface area contributed by atoms with Crippen molar-refractivity contribution in [1.29, 1.82) is 0 Å². The second-order valence-corrected chi connectivity index (χ2v) is 9.12. The summed E-state index contributed by atoms with van der Waals surface area (Å²) >= 11 is 0. The van der Waals surface area contributed by atoms with Gasteiger partial charge < -0.3 is 9.32 Å². The Morgan fingerprint density at radius 3 is 2.39 bits per heavy atom. The van der Waals surface area contributed by atoms with Crippen LogP contribution in [-0.2, 0) is 10.0 Å². The summed E-state index contributed by atoms with van der Waals surface area (Å²) in [6.07, 6.45) is 1.16. The Bertz CT molecular complexity index is 1370. The molecule has 0 aliphatic carbocycles. The number of nitrogens with one attached hydrogen (secondary N) is 1. The van der Waals surface area contributed by atoms with Crippen molar-refractivity contribution in [2.75, 3.05) is 18.0 Å². The summed E-state index contributed by atoms with van der Waals surface area (Å²) in [5.74, 6) is -0.846. The van der Waals surface area contributed by atoms with E-state index in [9.17, 15) is 13.2 Å². The van der Waals surface area contributed by atoms with Crippen LogP contribution in [0, 0.1) is 0 Å². The molecule has 1 aromatic heterocycles. The Kier molecular flexibility index (Phi) is 4.75. The minimum absolute atomic E-state index is 0.0331. The Balaban J connectivity index is 1.44. The lowest BCUT2D eigenvalue weighted by molar-refractivity contribution is 0.0956. The summed E-state index contributed by atoms with van der Waals surface area (Å²) in [4.78, 5) is 15.0. The zero-order valence-corrected chi connectivity index (χ0v) is 17.4. The minimum Gasteiger partial charge on any atom is -0.451 e. The van der Waals surface area contributed by atoms with Gasteiger partial charge in [0.1, 0.15) is 5.58 Å². The molecule has 1 aliphatic heterocycles. The highest BCUT2D eigenvalue weighted by atomic mass is 32.2. The predicted molar refractivity (Wildman–Crippen MR) is 120 cm³/mol. The number of fused-ring (bicyclic) bond motifs is 1. The van der Waals surface area contributed by atoms with E-state index in [1.807, 2.05) is 48.5 Å². The number of benzene rings is 3. The van der Waals surface area contributed by atoms with Gasteiger partial charge in [0, 0.05) is 35.8 Å². The fourth-order valence-corrected chi connectivity index (χ4v) is 4.88. The van der Waals surface area contributed by atoms with Gasteiger partial charge in [0.25, 0.3) is 10.0 Å². The van der Waals surface area contributed by atoms with Crippen molar-refractivity contribution >= 4 is 32.6 Å². The smallest absolute Gasteiger partial charge is 0.300 e. The second kappa shape index (κ2) is 7.59. The van der Waals surface area contributed by atoms with Crippen LogP contribution in [0.15, 0.2) is 88.2 Å². The molecule has 1 amide bonds. The van der Waals surface area contributed by atoms with Crippen molar-refractivity contribution < 1.29 is 17.6 Å². The molecule has 31 heavy (non-hydrogen) atoms. The van der Waals surface area contributed by atoms with E-state index in [1.165, 1.54) is 6.07 Å². The number of sulfonamides is 1. The topological polar surface area (TPSA) is 79.6 Å². The molecule has 0 bridgehead atoms. The van der Waals surface area contributed by atoms with Crippen LogP contribution >= 0.6 is 0 Å². The van der Waals surface area contributed by atoms with Crippen LogP contribution in [-0.4, -0.2) is 27.4 Å². The third kappa shape index (κ3) is 3.68. The van der Waals surface area contributed by atoms with Gasteiger partial charge in [-0.1, -0.05) is 48.5 Å². The first kappa shape index (κ1) is 19.4. The van der Waals surface area contributed by atoms with E-state index < -0.39 is 15.9 Å². The molecule has 4 aromatic rings. The van der Waals surface area contributed by atoms with Crippen molar-refractivity contribution in [3.8, 4) is 11.1 Å². The average Bonchev–Trinajstić information content (AvgIpc) is 3.17. The second-order valence-electron chi connectivity index (χ2n) is 7.47. The first-order chi connectivity index (χ1) is 15.0. The highest BCUT2D eigenvalue weighted by molar-refractivity contribution is 7.90. The molecule has 0 spiro atoms. The number of rotatable bonds is 5. The quantitative estimate of drug-likeness (QED) is 0.505. The highest BCUT2D eigenvalue weighted by Gasteiger charge is 2.24. The molecular formula is C24H20N2O4S. The molecule has 0 radical (unpaired) electrons. The summed E-state index contributed by atoms with van der Waals surface area (Å²) in [6.45, 7) is 2.00.